The Balaban J connectivity index is 1.27. The first-order chi connectivity index (χ1) is 22.4. The van der Waals surface area contributed by atoms with E-state index in [1.54, 1.807) is 32.5 Å². The zero-order valence-corrected chi connectivity index (χ0v) is 29.5. The first-order valence-electron chi connectivity index (χ1n) is 15.7. The molecule has 0 spiro atoms. The summed E-state index contributed by atoms with van der Waals surface area (Å²) in [6.07, 6.45) is 0.719. The molecule has 2 aromatic heterocycles. The molecule has 1 unspecified atom stereocenters. The average molecular weight is 716 g/mol. The normalized spacial score (nSPS) is 17.8. The van der Waals surface area contributed by atoms with Gasteiger partial charge in [-0.2, -0.15) is 0 Å². The molecule has 0 aliphatic carbocycles. The molecular weight excluding hydrogens is 679 g/mol. The number of thiophene rings is 2. The van der Waals surface area contributed by atoms with Crippen LogP contribution in [0.5, 0.6) is 0 Å². The largest absolute Gasteiger partial charge is 0.481 e. The maximum Gasteiger partial charge on any atom is 0.307 e. The van der Waals surface area contributed by atoms with Crippen molar-refractivity contribution in [2.24, 2.45) is 5.92 Å². The van der Waals surface area contributed by atoms with Crippen LogP contribution in [0.4, 0.5) is 11.4 Å². The summed E-state index contributed by atoms with van der Waals surface area (Å²) in [6.45, 7) is 6.73. The quantitative estimate of drug-likeness (QED) is 0.153. The van der Waals surface area contributed by atoms with Gasteiger partial charge in [0.1, 0.15) is 0 Å². The number of alkyl halides is 2. The lowest BCUT2D eigenvalue weighted by molar-refractivity contribution is -0.137. The number of benzene rings is 2. The van der Waals surface area contributed by atoms with E-state index in [1.165, 1.54) is 0 Å². The van der Waals surface area contributed by atoms with Crippen LogP contribution < -0.4 is 9.80 Å². The van der Waals surface area contributed by atoms with Gasteiger partial charge in [0.25, 0.3) is 0 Å². The number of carbonyl (C=O) groups excluding carboxylic acids is 2. The van der Waals surface area contributed by atoms with Gasteiger partial charge in [0, 0.05) is 79.6 Å². The second kappa shape index (κ2) is 13.4. The van der Waals surface area contributed by atoms with Gasteiger partial charge in [-0.25, -0.2) is 0 Å². The number of nitrogens with zero attached hydrogens (tertiary/aromatic N) is 2. The van der Waals surface area contributed by atoms with Crippen LogP contribution in [0.1, 0.15) is 70.0 Å². The third-order valence-corrected chi connectivity index (χ3v) is 12.4. The third kappa shape index (κ3) is 6.14. The molecule has 4 aromatic rings. The van der Waals surface area contributed by atoms with E-state index in [-0.39, 0.29) is 42.9 Å². The number of halogens is 2. The second-order valence-corrected chi connectivity index (χ2v) is 15.7. The highest BCUT2D eigenvalue weighted by Gasteiger charge is 2.39. The molecule has 0 fully saturated rings. The molecule has 0 radical (unpaired) electrons. The van der Waals surface area contributed by atoms with Crippen molar-refractivity contribution in [3.63, 3.8) is 0 Å². The molecule has 8 nitrogen and oxygen atoms in total. The number of hydrogen-bond donors (Lipinski definition) is 2. The highest BCUT2D eigenvalue weighted by Crippen LogP contribution is 2.48. The fourth-order valence-electron chi connectivity index (χ4n) is 7.31. The predicted octanol–water partition coefficient (Wildman–Crippen LogP) is 7.83. The Morgan fingerprint density at radius 3 is 1.72 bits per heavy atom. The van der Waals surface area contributed by atoms with E-state index >= 15 is 0 Å². The number of carboxylic acid groups (broad SMARTS) is 2. The minimum absolute atomic E-state index is 0.0787. The van der Waals surface area contributed by atoms with Crippen LogP contribution in [0.25, 0.3) is 20.2 Å². The molecular formula is C35H36Cl2N2O6S2. The monoisotopic (exact) mass is 714 g/mol. The van der Waals surface area contributed by atoms with Crippen molar-refractivity contribution < 1.29 is 29.4 Å². The van der Waals surface area contributed by atoms with Gasteiger partial charge in [0.15, 0.2) is 0 Å². The SMILES string of the molecule is CCC(CCC(=O)N1C[C@@H](CCl)c2c1cc(CC(=O)O)c1cc(C)sc21)C(=O)N1C[C@@H](CCl)c2c1cc(CC(=O)O)c1cc(C)sc21. The zero-order chi connectivity index (χ0) is 33.7. The number of aryl methyl sites for hydroxylation is 2. The number of rotatable bonds is 11. The van der Waals surface area contributed by atoms with Gasteiger partial charge < -0.3 is 20.0 Å². The number of carboxylic acids is 2. The van der Waals surface area contributed by atoms with E-state index < -0.39 is 17.9 Å². The Bertz CT molecular complexity index is 1930. The van der Waals surface area contributed by atoms with E-state index in [0.29, 0.717) is 54.5 Å². The third-order valence-electron chi connectivity index (χ3n) is 9.44. The molecule has 3 atom stereocenters. The summed E-state index contributed by atoms with van der Waals surface area (Å²) in [7, 11) is 0. The highest BCUT2D eigenvalue weighted by molar-refractivity contribution is 7.19. The standard InChI is InChI=1S/C35H36Cl2N2O6S2/c1-4-19(35(45)39-16-23(14-37)32-27(39)10-21(12-30(43)44)25-8-18(3)47-34(25)32)5-6-28(40)38-15-22(13-36)31-26(38)9-20(11-29(41)42)24-7-17(2)46-33(24)31/h7-10,19,22-23H,4-6,11-16H2,1-3H3,(H,41,42)(H,43,44)/t19?,22-,23-/m1/s1. The molecule has 0 saturated heterocycles. The number of carbonyl (C=O) groups is 4. The molecule has 2 aliphatic heterocycles. The number of anilines is 2. The van der Waals surface area contributed by atoms with Crippen molar-refractivity contribution in [2.75, 3.05) is 34.6 Å². The molecule has 12 heteroatoms. The molecule has 2 N–H and O–H groups in total. The van der Waals surface area contributed by atoms with Gasteiger partial charge in [-0.1, -0.05) is 6.92 Å². The second-order valence-electron chi connectivity index (χ2n) is 12.6. The minimum atomic E-state index is -0.936. The van der Waals surface area contributed by atoms with Gasteiger partial charge in [0.05, 0.1) is 12.8 Å². The van der Waals surface area contributed by atoms with Crippen LogP contribution >= 0.6 is 45.9 Å². The fraction of sp³-hybridized carbons (Fsp3) is 0.429. The Kier molecular flexibility index (Phi) is 9.60. The smallest absolute Gasteiger partial charge is 0.307 e. The summed E-state index contributed by atoms with van der Waals surface area (Å²) in [5.74, 6) is -2.03. The summed E-state index contributed by atoms with van der Waals surface area (Å²) < 4.78 is 1.97. The van der Waals surface area contributed by atoms with Gasteiger partial charge >= 0.3 is 11.9 Å². The molecule has 4 heterocycles. The van der Waals surface area contributed by atoms with Gasteiger partial charge in [0.2, 0.25) is 11.8 Å². The average Bonchev–Trinajstić information content (AvgIpc) is 3.78. The fourth-order valence-corrected chi connectivity index (χ4v) is 10.2. The van der Waals surface area contributed by atoms with Crippen molar-refractivity contribution in [3.8, 4) is 0 Å². The molecule has 2 aliphatic rings. The van der Waals surface area contributed by atoms with Crippen LogP contribution in [0, 0.1) is 19.8 Å². The molecule has 0 bridgehead atoms. The van der Waals surface area contributed by atoms with Crippen molar-refractivity contribution in [2.45, 2.75) is 64.7 Å². The van der Waals surface area contributed by atoms with E-state index in [1.807, 2.05) is 45.0 Å². The van der Waals surface area contributed by atoms with Crippen molar-refractivity contribution in [1.82, 2.24) is 0 Å². The lowest BCUT2D eigenvalue weighted by Gasteiger charge is -2.25. The lowest BCUT2D eigenvalue weighted by atomic mass is 9.96. The summed E-state index contributed by atoms with van der Waals surface area (Å²) in [5.41, 5.74) is 4.76. The van der Waals surface area contributed by atoms with Gasteiger partial charge in [-0.3, -0.25) is 19.2 Å². The van der Waals surface area contributed by atoms with Crippen molar-refractivity contribution >= 4 is 101 Å². The lowest BCUT2D eigenvalue weighted by Crippen LogP contribution is -2.37. The number of fused-ring (bicyclic) bond motifs is 6. The van der Waals surface area contributed by atoms with E-state index in [9.17, 15) is 29.4 Å². The van der Waals surface area contributed by atoms with Crippen molar-refractivity contribution in [3.05, 3.63) is 56.3 Å². The Morgan fingerprint density at radius 1 is 0.809 bits per heavy atom. The van der Waals surface area contributed by atoms with E-state index in [2.05, 4.69) is 0 Å². The van der Waals surface area contributed by atoms with Crippen LogP contribution in [0.2, 0.25) is 0 Å². The molecule has 2 aromatic carbocycles. The summed E-state index contributed by atoms with van der Waals surface area (Å²) >= 11 is 16.1. The topological polar surface area (TPSA) is 115 Å². The molecule has 2 amide bonds. The molecule has 47 heavy (non-hydrogen) atoms. The first kappa shape index (κ1) is 33.7. The summed E-state index contributed by atoms with van der Waals surface area (Å²) in [4.78, 5) is 57.1. The highest BCUT2D eigenvalue weighted by atomic mass is 35.5. The van der Waals surface area contributed by atoms with Gasteiger partial charge in [-0.05, 0) is 84.0 Å². The summed E-state index contributed by atoms with van der Waals surface area (Å²) in [6, 6.07) is 7.69. The van der Waals surface area contributed by atoms with Crippen molar-refractivity contribution in [1.29, 1.82) is 0 Å². The molecule has 0 saturated carbocycles. The van der Waals surface area contributed by atoms with Gasteiger partial charge in [-0.15, -0.1) is 45.9 Å². The van der Waals surface area contributed by atoms with Crippen LogP contribution in [-0.2, 0) is 32.0 Å². The Labute approximate surface area is 290 Å². The Hall–Kier alpha value is -3.18. The first-order valence-corrected chi connectivity index (χ1v) is 18.4. The van der Waals surface area contributed by atoms with Crippen LogP contribution in [-0.4, -0.2) is 58.8 Å². The summed E-state index contributed by atoms with van der Waals surface area (Å²) in [5, 5.41) is 21.0. The van der Waals surface area contributed by atoms with Crippen LogP contribution in [0.3, 0.4) is 0 Å². The van der Waals surface area contributed by atoms with E-state index in [4.69, 9.17) is 23.2 Å². The minimum Gasteiger partial charge on any atom is -0.481 e. The van der Waals surface area contributed by atoms with Crippen LogP contribution in [0.15, 0.2) is 24.3 Å². The maximum absolute atomic E-state index is 14.2. The number of amides is 2. The molecule has 248 valence electrons. The number of aliphatic carboxylic acids is 2. The van der Waals surface area contributed by atoms with E-state index in [0.717, 1.165) is 46.7 Å². The Morgan fingerprint density at radius 2 is 1.28 bits per heavy atom. The predicted molar refractivity (Wildman–Crippen MR) is 190 cm³/mol. The zero-order valence-electron chi connectivity index (χ0n) is 26.4. The maximum atomic E-state index is 14.2. The number of hydrogen-bond acceptors (Lipinski definition) is 6. The molecule has 6 rings (SSSR count).